The molecule has 90 valence electrons. The number of aromatic nitrogens is 2. The quantitative estimate of drug-likeness (QED) is 0.752. The Morgan fingerprint density at radius 2 is 2.56 bits per heavy atom. The summed E-state index contributed by atoms with van der Waals surface area (Å²) in [6.45, 7) is 5.78. The standard InChI is InChI=1S/C11H20N4O/c1-14(5-6-15-4-2-13-10-15)9-11-8-12-3-7-16-11/h2,4,10-12H,3,5-9H2,1H3. The van der Waals surface area contributed by atoms with E-state index in [2.05, 4.69) is 26.8 Å². The number of hydrogen-bond donors (Lipinski definition) is 1. The van der Waals surface area contributed by atoms with Crippen LogP contribution in [0.4, 0.5) is 0 Å². The van der Waals surface area contributed by atoms with Crippen molar-refractivity contribution in [3.63, 3.8) is 0 Å². The van der Waals surface area contributed by atoms with Crippen LogP contribution in [0.1, 0.15) is 0 Å². The molecular formula is C11H20N4O. The van der Waals surface area contributed by atoms with Crippen molar-refractivity contribution in [3.8, 4) is 0 Å². The van der Waals surface area contributed by atoms with Gasteiger partial charge in [0.1, 0.15) is 0 Å². The van der Waals surface area contributed by atoms with Gasteiger partial charge in [-0.15, -0.1) is 0 Å². The van der Waals surface area contributed by atoms with E-state index in [9.17, 15) is 0 Å². The van der Waals surface area contributed by atoms with Gasteiger partial charge in [0.05, 0.1) is 19.0 Å². The minimum Gasteiger partial charge on any atom is -0.374 e. The van der Waals surface area contributed by atoms with Crippen molar-refractivity contribution < 1.29 is 4.74 Å². The molecule has 0 radical (unpaired) electrons. The Kier molecular flexibility index (Phi) is 4.33. The van der Waals surface area contributed by atoms with E-state index in [1.165, 1.54) is 0 Å². The third-order valence-corrected chi connectivity index (χ3v) is 2.82. The number of nitrogens with one attached hydrogen (secondary N) is 1. The summed E-state index contributed by atoms with van der Waals surface area (Å²) in [5.41, 5.74) is 0. The molecule has 16 heavy (non-hydrogen) atoms. The zero-order valence-corrected chi connectivity index (χ0v) is 9.80. The molecule has 1 aliphatic heterocycles. The molecule has 1 saturated heterocycles. The van der Waals surface area contributed by atoms with Crippen LogP contribution in [0, 0.1) is 0 Å². The Labute approximate surface area is 96.4 Å². The Morgan fingerprint density at radius 1 is 1.62 bits per heavy atom. The van der Waals surface area contributed by atoms with Gasteiger partial charge in [-0.05, 0) is 7.05 Å². The van der Waals surface area contributed by atoms with E-state index in [0.29, 0.717) is 6.10 Å². The minimum atomic E-state index is 0.335. The summed E-state index contributed by atoms with van der Waals surface area (Å²) >= 11 is 0. The van der Waals surface area contributed by atoms with Crippen molar-refractivity contribution in [2.75, 3.05) is 39.8 Å². The second kappa shape index (κ2) is 5.98. The van der Waals surface area contributed by atoms with Crippen LogP contribution in [-0.2, 0) is 11.3 Å². The molecule has 0 spiro atoms. The number of rotatable bonds is 5. The lowest BCUT2D eigenvalue weighted by molar-refractivity contribution is 0.00964. The van der Waals surface area contributed by atoms with Crippen molar-refractivity contribution in [2.24, 2.45) is 0 Å². The highest BCUT2D eigenvalue weighted by molar-refractivity contribution is 4.75. The lowest BCUT2D eigenvalue weighted by atomic mass is 10.3. The molecule has 0 aromatic carbocycles. The van der Waals surface area contributed by atoms with E-state index in [-0.39, 0.29) is 0 Å². The molecule has 1 aliphatic rings. The largest absolute Gasteiger partial charge is 0.374 e. The van der Waals surface area contributed by atoms with Gasteiger partial charge in [0.25, 0.3) is 0 Å². The van der Waals surface area contributed by atoms with Gasteiger partial charge in [-0.2, -0.15) is 0 Å². The van der Waals surface area contributed by atoms with E-state index in [4.69, 9.17) is 4.74 Å². The van der Waals surface area contributed by atoms with Crippen LogP contribution in [0.25, 0.3) is 0 Å². The lowest BCUT2D eigenvalue weighted by Gasteiger charge is -2.28. The molecule has 0 saturated carbocycles. The first-order valence-corrected chi connectivity index (χ1v) is 5.81. The van der Waals surface area contributed by atoms with Crippen molar-refractivity contribution in [3.05, 3.63) is 18.7 Å². The summed E-state index contributed by atoms with van der Waals surface area (Å²) < 4.78 is 7.76. The average molecular weight is 224 g/mol. The maximum atomic E-state index is 5.66. The smallest absolute Gasteiger partial charge is 0.0946 e. The number of nitrogens with zero attached hydrogens (tertiary/aromatic N) is 3. The summed E-state index contributed by atoms with van der Waals surface area (Å²) in [4.78, 5) is 6.33. The van der Waals surface area contributed by atoms with Crippen LogP contribution in [0.15, 0.2) is 18.7 Å². The molecule has 5 heteroatoms. The van der Waals surface area contributed by atoms with E-state index >= 15 is 0 Å². The van der Waals surface area contributed by atoms with Gasteiger partial charge < -0.3 is 19.5 Å². The van der Waals surface area contributed by atoms with Gasteiger partial charge >= 0.3 is 0 Å². The Balaban J connectivity index is 1.65. The molecular weight excluding hydrogens is 204 g/mol. The molecule has 1 atom stereocenters. The summed E-state index contributed by atoms with van der Waals surface area (Å²) in [5, 5.41) is 3.34. The van der Waals surface area contributed by atoms with Gasteiger partial charge in [0.15, 0.2) is 0 Å². The molecule has 1 N–H and O–H groups in total. The van der Waals surface area contributed by atoms with Crippen molar-refractivity contribution in [2.45, 2.75) is 12.6 Å². The second-order valence-electron chi connectivity index (χ2n) is 4.26. The maximum absolute atomic E-state index is 5.66. The molecule has 2 rings (SSSR count). The molecule has 1 unspecified atom stereocenters. The SMILES string of the molecule is CN(CCn1ccnc1)CC1CNCCO1. The Hall–Kier alpha value is -0.910. The van der Waals surface area contributed by atoms with Crippen LogP contribution < -0.4 is 5.32 Å². The predicted octanol–water partition coefficient (Wildman–Crippen LogP) is -0.197. The normalized spacial score (nSPS) is 21.5. The highest BCUT2D eigenvalue weighted by atomic mass is 16.5. The highest BCUT2D eigenvalue weighted by Crippen LogP contribution is 1.99. The van der Waals surface area contributed by atoms with E-state index in [0.717, 1.165) is 39.3 Å². The third kappa shape index (κ3) is 3.59. The van der Waals surface area contributed by atoms with Crippen LogP contribution >= 0.6 is 0 Å². The van der Waals surface area contributed by atoms with Gasteiger partial charge in [-0.25, -0.2) is 4.98 Å². The molecule has 5 nitrogen and oxygen atoms in total. The summed E-state index contributed by atoms with van der Waals surface area (Å²) in [6, 6.07) is 0. The van der Waals surface area contributed by atoms with Crippen molar-refractivity contribution in [1.82, 2.24) is 19.8 Å². The summed E-state index contributed by atoms with van der Waals surface area (Å²) in [7, 11) is 2.13. The fourth-order valence-electron chi connectivity index (χ4n) is 1.88. The lowest BCUT2D eigenvalue weighted by Crippen LogP contribution is -2.44. The van der Waals surface area contributed by atoms with Crippen LogP contribution in [0.5, 0.6) is 0 Å². The molecule has 1 aromatic rings. The van der Waals surface area contributed by atoms with E-state index in [1.807, 2.05) is 18.7 Å². The number of imidazole rings is 1. The van der Waals surface area contributed by atoms with Gasteiger partial charge in [-0.1, -0.05) is 0 Å². The number of hydrogen-bond acceptors (Lipinski definition) is 4. The molecule has 0 aliphatic carbocycles. The number of ether oxygens (including phenoxy) is 1. The zero-order chi connectivity index (χ0) is 11.2. The zero-order valence-electron chi connectivity index (χ0n) is 9.80. The molecule has 0 amide bonds. The van der Waals surface area contributed by atoms with E-state index < -0.39 is 0 Å². The first kappa shape index (κ1) is 11.6. The average Bonchev–Trinajstić information content (AvgIpc) is 2.81. The predicted molar refractivity (Wildman–Crippen MR) is 62.3 cm³/mol. The fraction of sp³-hybridized carbons (Fsp3) is 0.727. The fourth-order valence-corrected chi connectivity index (χ4v) is 1.88. The third-order valence-electron chi connectivity index (χ3n) is 2.82. The van der Waals surface area contributed by atoms with Crippen molar-refractivity contribution in [1.29, 1.82) is 0 Å². The number of morpholine rings is 1. The van der Waals surface area contributed by atoms with Crippen LogP contribution in [0.2, 0.25) is 0 Å². The first-order valence-electron chi connectivity index (χ1n) is 5.81. The first-order chi connectivity index (χ1) is 7.84. The van der Waals surface area contributed by atoms with E-state index in [1.54, 1.807) is 0 Å². The molecule has 1 aromatic heterocycles. The summed E-state index contributed by atoms with van der Waals surface area (Å²) in [5.74, 6) is 0. The van der Waals surface area contributed by atoms with Crippen LogP contribution in [-0.4, -0.2) is 60.4 Å². The number of likely N-dealkylation sites (N-methyl/N-ethyl adjacent to an activating group) is 1. The van der Waals surface area contributed by atoms with Crippen LogP contribution in [0.3, 0.4) is 0 Å². The Bertz CT molecular complexity index is 282. The monoisotopic (exact) mass is 224 g/mol. The highest BCUT2D eigenvalue weighted by Gasteiger charge is 2.14. The minimum absolute atomic E-state index is 0.335. The van der Waals surface area contributed by atoms with Crippen molar-refractivity contribution >= 4 is 0 Å². The molecule has 0 bridgehead atoms. The Morgan fingerprint density at radius 3 is 3.25 bits per heavy atom. The second-order valence-corrected chi connectivity index (χ2v) is 4.26. The van der Waals surface area contributed by atoms with Gasteiger partial charge in [0, 0.05) is 45.1 Å². The maximum Gasteiger partial charge on any atom is 0.0946 e. The van der Waals surface area contributed by atoms with Gasteiger partial charge in [-0.3, -0.25) is 0 Å². The molecule has 1 fully saturated rings. The molecule has 2 heterocycles. The topological polar surface area (TPSA) is 42.3 Å². The van der Waals surface area contributed by atoms with Gasteiger partial charge in [0.2, 0.25) is 0 Å². The summed E-state index contributed by atoms with van der Waals surface area (Å²) in [6.07, 6.45) is 5.99.